The Labute approximate surface area is 109 Å². The van der Waals surface area contributed by atoms with Gasteiger partial charge >= 0.3 is 0 Å². The first-order valence-corrected chi connectivity index (χ1v) is 6.09. The van der Waals surface area contributed by atoms with Crippen LogP contribution in [0.1, 0.15) is 19.4 Å². The zero-order chi connectivity index (χ0) is 13.7. The van der Waals surface area contributed by atoms with E-state index in [0.29, 0.717) is 0 Å². The Kier molecular flexibility index (Phi) is 5.16. The number of rotatable bonds is 5. The molecule has 0 aliphatic carbocycles. The van der Waals surface area contributed by atoms with Crippen molar-refractivity contribution in [2.45, 2.75) is 26.9 Å². The summed E-state index contributed by atoms with van der Waals surface area (Å²) in [6.07, 6.45) is 0.0612. The molecule has 1 N–H and O–H groups in total. The lowest BCUT2D eigenvalue weighted by atomic mass is 10.1. The molecule has 0 saturated heterocycles. The van der Waals surface area contributed by atoms with E-state index in [4.69, 9.17) is 4.74 Å². The van der Waals surface area contributed by atoms with Crippen molar-refractivity contribution in [2.75, 3.05) is 30.9 Å². The van der Waals surface area contributed by atoms with Crippen molar-refractivity contribution in [1.82, 2.24) is 0 Å². The van der Waals surface area contributed by atoms with E-state index in [0.717, 1.165) is 11.4 Å². The molecule has 0 spiro atoms. The first kappa shape index (κ1) is 14.5. The van der Waals surface area contributed by atoms with Gasteiger partial charge in [-0.25, -0.2) is 0 Å². The van der Waals surface area contributed by atoms with Crippen LogP contribution in [-0.2, 0) is 9.53 Å². The number of nitrogens with one attached hydrogen (secondary N) is 1. The Balaban J connectivity index is 2.67. The average Bonchev–Trinajstić information content (AvgIpc) is 2.28. The van der Waals surface area contributed by atoms with Gasteiger partial charge in [0.1, 0.15) is 6.61 Å². The molecule has 1 aromatic carbocycles. The summed E-state index contributed by atoms with van der Waals surface area (Å²) in [5.74, 6) is -0.128. The number of ether oxygens (including phenoxy) is 1. The first-order valence-electron chi connectivity index (χ1n) is 6.09. The molecule has 1 amide bonds. The molecule has 0 unspecified atom stereocenters. The number of anilines is 2. The van der Waals surface area contributed by atoms with Crippen molar-refractivity contribution in [2.24, 2.45) is 0 Å². The van der Waals surface area contributed by atoms with Gasteiger partial charge in [0, 0.05) is 25.5 Å². The van der Waals surface area contributed by atoms with Crippen LogP contribution in [0.4, 0.5) is 11.4 Å². The molecule has 100 valence electrons. The maximum absolute atomic E-state index is 11.6. The third-order valence-corrected chi connectivity index (χ3v) is 2.52. The highest BCUT2D eigenvalue weighted by Crippen LogP contribution is 2.22. The van der Waals surface area contributed by atoms with E-state index in [1.165, 1.54) is 5.56 Å². The molecule has 18 heavy (non-hydrogen) atoms. The summed E-state index contributed by atoms with van der Waals surface area (Å²) < 4.78 is 5.25. The van der Waals surface area contributed by atoms with Gasteiger partial charge in [-0.1, -0.05) is 6.07 Å². The Hall–Kier alpha value is -1.55. The van der Waals surface area contributed by atoms with Crippen molar-refractivity contribution in [1.29, 1.82) is 0 Å². The van der Waals surface area contributed by atoms with E-state index in [9.17, 15) is 4.79 Å². The fourth-order valence-corrected chi connectivity index (χ4v) is 1.61. The topological polar surface area (TPSA) is 41.6 Å². The summed E-state index contributed by atoms with van der Waals surface area (Å²) in [5.41, 5.74) is 3.07. The summed E-state index contributed by atoms with van der Waals surface area (Å²) in [6, 6.07) is 5.85. The minimum Gasteiger partial charge on any atom is -0.377 e. The second-order valence-corrected chi connectivity index (χ2v) is 4.80. The first-order chi connectivity index (χ1) is 8.40. The van der Waals surface area contributed by atoms with Crippen molar-refractivity contribution in [3.05, 3.63) is 23.8 Å². The maximum atomic E-state index is 11.6. The molecule has 4 heteroatoms. The maximum Gasteiger partial charge on any atom is 0.250 e. The Morgan fingerprint density at radius 2 is 2.06 bits per heavy atom. The lowest BCUT2D eigenvalue weighted by molar-refractivity contribution is -0.121. The normalized spacial score (nSPS) is 10.6. The molecule has 0 saturated carbocycles. The third-order valence-electron chi connectivity index (χ3n) is 2.52. The van der Waals surface area contributed by atoms with Crippen LogP contribution in [0.25, 0.3) is 0 Å². The van der Waals surface area contributed by atoms with Crippen LogP contribution in [0.3, 0.4) is 0 Å². The molecule has 0 atom stereocenters. The molecule has 4 nitrogen and oxygen atoms in total. The molecule has 0 heterocycles. The van der Waals surface area contributed by atoms with E-state index < -0.39 is 0 Å². The van der Waals surface area contributed by atoms with Crippen molar-refractivity contribution >= 4 is 17.3 Å². The summed E-state index contributed by atoms with van der Waals surface area (Å²) in [4.78, 5) is 13.7. The fraction of sp³-hybridized carbons (Fsp3) is 0.500. The number of hydrogen-bond acceptors (Lipinski definition) is 3. The molecule has 0 aliphatic rings. The summed E-state index contributed by atoms with van der Waals surface area (Å²) >= 11 is 0. The van der Waals surface area contributed by atoms with Crippen molar-refractivity contribution in [3.8, 4) is 0 Å². The highest BCUT2D eigenvalue weighted by molar-refractivity contribution is 5.92. The number of amides is 1. The number of aryl methyl sites for hydroxylation is 1. The second-order valence-electron chi connectivity index (χ2n) is 4.80. The molecular formula is C14H22N2O2. The highest BCUT2D eigenvalue weighted by atomic mass is 16.5. The van der Waals surface area contributed by atoms with E-state index >= 15 is 0 Å². The van der Waals surface area contributed by atoms with E-state index in [-0.39, 0.29) is 18.6 Å². The van der Waals surface area contributed by atoms with Crippen molar-refractivity contribution < 1.29 is 9.53 Å². The van der Waals surface area contributed by atoms with Gasteiger partial charge in [-0.15, -0.1) is 0 Å². The van der Waals surface area contributed by atoms with Gasteiger partial charge in [-0.2, -0.15) is 0 Å². The summed E-state index contributed by atoms with van der Waals surface area (Å²) in [7, 11) is 3.96. The molecule has 0 aliphatic heterocycles. The standard InChI is InChI=1S/C14H22N2O2/c1-10(2)18-9-14(17)15-12-7-6-11(3)13(8-12)16(4)5/h6-8,10H,9H2,1-5H3,(H,15,17). The predicted molar refractivity (Wildman–Crippen MR) is 75.2 cm³/mol. The SMILES string of the molecule is Cc1ccc(NC(=O)COC(C)C)cc1N(C)C. The zero-order valence-electron chi connectivity index (χ0n) is 11.8. The molecule has 0 aromatic heterocycles. The van der Waals surface area contributed by atoms with Gasteiger partial charge < -0.3 is 15.0 Å². The third kappa shape index (κ3) is 4.37. The molecule has 0 fully saturated rings. The largest absolute Gasteiger partial charge is 0.377 e. The monoisotopic (exact) mass is 250 g/mol. The van der Waals surface area contributed by atoms with E-state index in [2.05, 4.69) is 5.32 Å². The second kappa shape index (κ2) is 6.40. The van der Waals surface area contributed by atoms with Crippen LogP contribution in [0.5, 0.6) is 0 Å². The minimum atomic E-state index is -0.128. The van der Waals surface area contributed by atoms with E-state index in [1.807, 2.05) is 58.0 Å². The molecule has 0 bridgehead atoms. The van der Waals surface area contributed by atoms with Crippen LogP contribution >= 0.6 is 0 Å². The molecule has 1 rings (SSSR count). The Morgan fingerprint density at radius 3 is 2.61 bits per heavy atom. The van der Waals surface area contributed by atoms with Gasteiger partial charge in [0.15, 0.2) is 0 Å². The Bertz CT molecular complexity index is 414. The van der Waals surface area contributed by atoms with Crippen LogP contribution in [0, 0.1) is 6.92 Å². The van der Waals surface area contributed by atoms with Crippen molar-refractivity contribution in [3.63, 3.8) is 0 Å². The number of benzene rings is 1. The quantitative estimate of drug-likeness (QED) is 0.872. The van der Waals surface area contributed by atoms with Gasteiger partial charge in [0.2, 0.25) is 5.91 Å². The van der Waals surface area contributed by atoms with Gasteiger partial charge in [0.05, 0.1) is 6.10 Å². The fourth-order valence-electron chi connectivity index (χ4n) is 1.61. The van der Waals surface area contributed by atoms with Crippen LogP contribution in [0.15, 0.2) is 18.2 Å². The number of nitrogens with zero attached hydrogens (tertiary/aromatic N) is 1. The van der Waals surface area contributed by atoms with Crippen LogP contribution in [-0.4, -0.2) is 32.7 Å². The summed E-state index contributed by atoms with van der Waals surface area (Å²) in [6.45, 7) is 5.94. The lowest BCUT2D eigenvalue weighted by Crippen LogP contribution is -2.21. The average molecular weight is 250 g/mol. The smallest absolute Gasteiger partial charge is 0.250 e. The highest BCUT2D eigenvalue weighted by Gasteiger charge is 2.06. The molecular weight excluding hydrogens is 228 g/mol. The predicted octanol–water partition coefficient (Wildman–Crippen LogP) is 2.42. The van der Waals surface area contributed by atoms with Crippen LogP contribution < -0.4 is 10.2 Å². The summed E-state index contributed by atoms with van der Waals surface area (Å²) in [5, 5.41) is 2.83. The van der Waals surface area contributed by atoms with Gasteiger partial charge in [0.25, 0.3) is 0 Å². The van der Waals surface area contributed by atoms with E-state index in [1.54, 1.807) is 0 Å². The van der Waals surface area contributed by atoms with Gasteiger partial charge in [-0.05, 0) is 38.5 Å². The Morgan fingerprint density at radius 1 is 1.39 bits per heavy atom. The number of hydrogen-bond donors (Lipinski definition) is 1. The van der Waals surface area contributed by atoms with Gasteiger partial charge in [-0.3, -0.25) is 4.79 Å². The molecule has 1 aromatic rings. The number of carbonyl (C=O) groups is 1. The number of carbonyl (C=O) groups excluding carboxylic acids is 1. The minimum absolute atomic E-state index is 0.0612. The zero-order valence-corrected chi connectivity index (χ0v) is 11.8. The van der Waals surface area contributed by atoms with Crippen LogP contribution in [0.2, 0.25) is 0 Å². The lowest BCUT2D eigenvalue weighted by Gasteiger charge is -2.17. The molecule has 0 radical (unpaired) electrons.